The molecule has 0 heterocycles. The van der Waals surface area contributed by atoms with E-state index in [0.717, 1.165) is 12.8 Å². The predicted molar refractivity (Wildman–Crippen MR) is 61.6 cm³/mol. The average Bonchev–Trinajstić information content (AvgIpc) is 2.24. The average molecular weight is 223 g/mol. The number of aromatic hydroxyl groups is 2. The zero-order valence-corrected chi connectivity index (χ0v) is 9.53. The molecule has 0 spiro atoms. The Balaban J connectivity index is 2.80. The molecule has 4 nitrogen and oxygen atoms in total. The summed E-state index contributed by atoms with van der Waals surface area (Å²) < 4.78 is 0. The third-order valence-corrected chi connectivity index (χ3v) is 2.49. The van der Waals surface area contributed by atoms with Crippen LogP contribution in [0.15, 0.2) is 18.2 Å². The minimum Gasteiger partial charge on any atom is -0.508 e. The number of hydrogen-bond donors (Lipinski definition) is 3. The van der Waals surface area contributed by atoms with Crippen molar-refractivity contribution in [2.75, 3.05) is 0 Å². The monoisotopic (exact) mass is 223 g/mol. The van der Waals surface area contributed by atoms with E-state index < -0.39 is 0 Å². The van der Waals surface area contributed by atoms with E-state index in [1.165, 1.54) is 18.2 Å². The van der Waals surface area contributed by atoms with Crippen LogP contribution in [0.25, 0.3) is 0 Å². The molecule has 0 aliphatic rings. The molecule has 0 atom stereocenters. The van der Waals surface area contributed by atoms with E-state index in [9.17, 15) is 15.0 Å². The first-order chi connectivity index (χ1) is 7.56. The van der Waals surface area contributed by atoms with Crippen LogP contribution in [0.3, 0.4) is 0 Å². The molecule has 1 rings (SSSR count). The van der Waals surface area contributed by atoms with E-state index in [-0.39, 0.29) is 29.0 Å². The second-order valence-corrected chi connectivity index (χ2v) is 3.72. The van der Waals surface area contributed by atoms with Crippen LogP contribution < -0.4 is 5.32 Å². The van der Waals surface area contributed by atoms with E-state index >= 15 is 0 Å². The Morgan fingerprint density at radius 2 is 1.69 bits per heavy atom. The molecule has 0 aliphatic heterocycles. The number of carbonyl (C=O) groups is 1. The molecule has 1 aromatic carbocycles. The summed E-state index contributed by atoms with van der Waals surface area (Å²) in [6.45, 7) is 3.99. The highest BCUT2D eigenvalue weighted by Crippen LogP contribution is 2.20. The number of phenolic OH excluding ortho intramolecular Hbond substituents is 2. The first-order valence-corrected chi connectivity index (χ1v) is 5.40. The van der Waals surface area contributed by atoms with Gasteiger partial charge in [0.15, 0.2) is 0 Å². The molecule has 3 N–H and O–H groups in total. The van der Waals surface area contributed by atoms with Crippen molar-refractivity contribution >= 4 is 5.91 Å². The minimum atomic E-state index is -0.278. The highest BCUT2D eigenvalue weighted by molar-refractivity contribution is 5.95. The Morgan fingerprint density at radius 1 is 1.19 bits per heavy atom. The topological polar surface area (TPSA) is 69.6 Å². The molecule has 16 heavy (non-hydrogen) atoms. The number of phenols is 2. The highest BCUT2D eigenvalue weighted by atomic mass is 16.3. The third kappa shape index (κ3) is 3.15. The molecule has 1 aromatic rings. The van der Waals surface area contributed by atoms with Crippen molar-refractivity contribution in [3.8, 4) is 11.5 Å². The normalized spacial score (nSPS) is 10.4. The van der Waals surface area contributed by atoms with Gasteiger partial charge in [0.05, 0.1) is 0 Å². The Bertz CT molecular complexity index is 352. The van der Waals surface area contributed by atoms with Gasteiger partial charge in [-0.2, -0.15) is 0 Å². The lowest BCUT2D eigenvalue weighted by Crippen LogP contribution is -2.33. The molecule has 0 bridgehead atoms. The molecule has 88 valence electrons. The zero-order chi connectivity index (χ0) is 12.1. The van der Waals surface area contributed by atoms with Gasteiger partial charge in [-0.1, -0.05) is 13.8 Å². The summed E-state index contributed by atoms with van der Waals surface area (Å²) >= 11 is 0. The van der Waals surface area contributed by atoms with E-state index in [0.29, 0.717) is 0 Å². The Morgan fingerprint density at radius 3 is 2.12 bits per heavy atom. The summed E-state index contributed by atoms with van der Waals surface area (Å²) in [6, 6.07) is 3.97. The van der Waals surface area contributed by atoms with Crippen LogP contribution in [-0.4, -0.2) is 22.2 Å². The van der Waals surface area contributed by atoms with Crippen molar-refractivity contribution in [2.45, 2.75) is 32.7 Å². The Hall–Kier alpha value is -1.71. The summed E-state index contributed by atoms with van der Waals surface area (Å²) in [7, 11) is 0. The van der Waals surface area contributed by atoms with E-state index in [4.69, 9.17) is 0 Å². The third-order valence-electron chi connectivity index (χ3n) is 2.49. The lowest BCUT2D eigenvalue weighted by atomic mass is 10.1. The molecule has 4 heteroatoms. The van der Waals surface area contributed by atoms with Gasteiger partial charge in [0, 0.05) is 17.7 Å². The largest absolute Gasteiger partial charge is 0.508 e. The highest BCUT2D eigenvalue weighted by Gasteiger charge is 2.12. The van der Waals surface area contributed by atoms with E-state index in [1.807, 2.05) is 13.8 Å². The second kappa shape index (κ2) is 5.39. The summed E-state index contributed by atoms with van der Waals surface area (Å²) in [5.74, 6) is -0.510. The SMILES string of the molecule is CCC(CC)NC(=O)c1cc(O)cc(O)c1. The van der Waals surface area contributed by atoms with Gasteiger partial charge < -0.3 is 15.5 Å². The number of nitrogens with one attached hydrogen (secondary N) is 1. The van der Waals surface area contributed by atoms with E-state index in [2.05, 4.69) is 5.32 Å². The maximum atomic E-state index is 11.7. The molecule has 0 saturated carbocycles. The summed E-state index contributed by atoms with van der Waals surface area (Å²) in [5, 5.41) is 21.3. The number of benzene rings is 1. The van der Waals surface area contributed by atoms with Gasteiger partial charge in [0.2, 0.25) is 0 Å². The standard InChI is InChI=1S/C12H17NO3/c1-3-9(4-2)13-12(16)8-5-10(14)7-11(15)6-8/h5-7,9,14-15H,3-4H2,1-2H3,(H,13,16). The van der Waals surface area contributed by atoms with Crippen molar-refractivity contribution in [1.29, 1.82) is 0 Å². The fraction of sp³-hybridized carbons (Fsp3) is 0.417. The maximum absolute atomic E-state index is 11.7. The minimum absolute atomic E-state index is 0.116. The molecule has 0 aliphatic carbocycles. The first-order valence-electron chi connectivity index (χ1n) is 5.40. The number of hydrogen-bond acceptors (Lipinski definition) is 3. The van der Waals surface area contributed by atoms with E-state index in [1.54, 1.807) is 0 Å². The first kappa shape index (κ1) is 12.4. The van der Waals surface area contributed by atoms with Gasteiger partial charge in [0.1, 0.15) is 11.5 Å². The zero-order valence-electron chi connectivity index (χ0n) is 9.53. The van der Waals surface area contributed by atoms with Gasteiger partial charge in [0.25, 0.3) is 5.91 Å². The molecule has 0 fully saturated rings. The second-order valence-electron chi connectivity index (χ2n) is 3.72. The molecule has 0 saturated heterocycles. The lowest BCUT2D eigenvalue weighted by Gasteiger charge is -2.14. The van der Waals surface area contributed by atoms with Gasteiger partial charge in [-0.15, -0.1) is 0 Å². The van der Waals surface area contributed by atoms with Crippen molar-refractivity contribution in [3.63, 3.8) is 0 Å². The predicted octanol–water partition coefficient (Wildman–Crippen LogP) is 2.02. The fourth-order valence-electron chi connectivity index (χ4n) is 1.49. The van der Waals surface area contributed by atoms with Gasteiger partial charge >= 0.3 is 0 Å². The Labute approximate surface area is 94.9 Å². The molecular weight excluding hydrogens is 206 g/mol. The summed E-state index contributed by atoms with van der Waals surface area (Å²) in [5.41, 5.74) is 0.268. The van der Waals surface area contributed by atoms with Crippen LogP contribution in [0.5, 0.6) is 11.5 Å². The molecule has 1 amide bonds. The van der Waals surface area contributed by atoms with Crippen molar-refractivity contribution in [1.82, 2.24) is 5.32 Å². The summed E-state index contributed by atoms with van der Waals surface area (Å²) in [4.78, 5) is 11.7. The van der Waals surface area contributed by atoms with Gasteiger partial charge in [-0.25, -0.2) is 0 Å². The number of amides is 1. The van der Waals surface area contributed by atoms with Crippen molar-refractivity contribution < 1.29 is 15.0 Å². The van der Waals surface area contributed by atoms with Crippen molar-refractivity contribution in [2.24, 2.45) is 0 Å². The van der Waals surface area contributed by atoms with Crippen LogP contribution in [0.1, 0.15) is 37.0 Å². The van der Waals surface area contributed by atoms with Crippen LogP contribution in [0.2, 0.25) is 0 Å². The molecular formula is C12H17NO3. The molecule has 0 radical (unpaired) electrons. The number of rotatable bonds is 4. The molecule has 0 aromatic heterocycles. The Kier molecular flexibility index (Phi) is 4.17. The molecule has 0 unspecified atom stereocenters. The van der Waals surface area contributed by atoms with Gasteiger partial charge in [-0.05, 0) is 25.0 Å². The van der Waals surface area contributed by atoms with Crippen LogP contribution >= 0.6 is 0 Å². The van der Waals surface area contributed by atoms with Crippen LogP contribution in [0.4, 0.5) is 0 Å². The van der Waals surface area contributed by atoms with Crippen LogP contribution in [0, 0.1) is 0 Å². The van der Waals surface area contributed by atoms with Crippen molar-refractivity contribution in [3.05, 3.63) is 23.8 Å². The quantitative estimate of drug-likeness (QED) is 0.731. The van der Waals surface area contributed by atoms with Crippen LogP contribution in [-0.2, 0) is 0 Å². The lowest BCUT2D eigenvalue weighted by molar-refractivity contribution is 0.0934. The summed E-state index contributed by atoms with van der Waals surface area (Å²) in [6.07, 6.45) is 1.71. The number of carbonyl (C=O) groups excluding carboxylic acids is 1. The fourth-order valence-corrected chi connectivity index (χ4v) is 1.49. The smallest absolute Gasteiger partial charge is 0.251 e. The van der Waals surface area contributed by atoms with Gasteiger partial charge in [-0.3, -0.25) is 4.79 Å². The maximum Gasteiger partial charge on any atom is 0.251 e.